The number of carbonyl (C=O) groups excluding carboxylic acids is 1. The number of anilines is 3. The van der Waals surface area contributed by atoms with Crippen molar-refractivity contribution in [2.75, 3.05) is 16.0 Å². The highest BCUT2D eigenvalue weighted by Crippen LogP contribution is 2.31. The van der Waals surface area contributed by atoms with Crippen LogP contribution in [0.25, 0.3) is 0 Å². The number of fused-ring (bicyclic) bond motifs is 1. The molecule has 120 valence electrons. The number of pyridine rings is 1. The fraction of sp³-hybridized carbons (Fsp3) is 0.375. The summed E-state index contributed by atoms with van der Waals surface area (Å²) in [5.74, 6) is -0.236. The van der Waals surface area contributed by atoms with Gasteiger partial charge in [-0.2, -0.15) is 0 Å². The van der Waals surface area contributed by atoms with Gasteiger partial charge in [-0.05, 0) is 17.5 Å². The third kappa shape index (κ3) is 2.28. The van der Waals surface area contributed by atoms with Gasteiger partial charge in [-0.15, -0.1) is 0 Å². The van der Waals surface area contributed by atoms with Crippen molar-refractivity contribution in [3.8, 4) is 0 Å². The number of nitrogen functional groups attached to an aromatic ring is 1. The summed E-state index contributed by atoms with van der Waals surface area (Å²) in [6, 6.07) is 1.21. The Bertz CT molecular complexity index is 838. The van der Waals surface area contributed by atoms with Crippen LogP contribution in [0, 0.1) is 5.92 Å². The van der Waals surface area contributed by atoms with Gasteiger partial charge >= 0.3 is 0 Å². The molecule has 0 unspecified atom stereocenters. The number of nitrogens with one attached hydrogen (secondary N) is 1. The van der Waals surface area contributed by atoms with E-state index in [1.807, 2.05) is 13.8 Å². The lowest BCUT2D eigenvalue weighted by Crippen LogP contribution is -2.52. The second-order valence-corrected chi connectivity index (χ2v) is 5.90. The van der Waals surface area contributed by atoms with E-state index >= 15 is 0 Å². The van der Waals surface area contributed by atoms with Gasteiger partial charge in [0.05, 0.1) is 11.9 Å². The Morgan fingerprint density at radius 1 is 1.39 bits per heavy atom. The van der Waals surface area contributed by atoms with Crippen LogP contribution in [0.1, 0.15) is 25.8 Å². The molecule has 1 aromatic heterocycles. The minimum Gasteiger partial charge on any atom is -0.394 e. The molecular weight excluding hydrogens is 296 g/mol. The van der Waals surface area contributed by atoms with E-state index in [4.69, 9.17) is 5.73 Å². The van der Waals surface area contributed by atoms with Crippen molar-refractivity contribution < 1.29 is 4.79 Å². The molecule has 7 nitrogen and oxygen atoms in total. The molecule has 1 aliphatic heterocycles. The third-order valence-corrected chi connectivity index (χ3v) is 4.51. The minimum atomic E-state index is -0.678. The first-order valence-corrected chi connectivity index (χ1v) is 7.54. The maximum absolute atomic E-state index is 12.7. The Morgan fingerprint density at radius 2 is 2.13 bits per heavy atom. The zero-order chi connectivity index (χ0) is 16.7. The van der Waals surface area contributed by atoms with E-state index in [1.54, 1.807) is 23.4 Å². The predicted molar refractivity (Wildman–Crippen MR) is 88.1 cm³/mol. The van der Waals surface area contributed by atoms with Gasteiger partial charge < -0.3 is 16.0 Å². The highest BCUT2D eigenvalue weighted by Gasteiger charge is 2.38. The molecule has 3 rings (SSSR count). The largest absolute Gasteiger partial charge is 0.394 e. The topological polar surface area (TPSA) is 105 Å². The standard InChI is InChI=1S/C16H18N4O3/c1-3-8(2)12-16(23)19-10-6-18-5-4-9(10)7-20(12)13-11(17)14(21)15(13)22/h4-6,8,12H,3,7,17H2,1-2H3,(H,19,23)/t8-,12-/m0/s1. The van der Waals surface area contributed by atoms with Crippen molar-refractivity contribution in [2.45, 2.75) is 32.9 Å². The smallest absolute Gasteiger partial charge is 0.253 e. The van der Waals surface area contributed by atoms with Crippen LogP contribution in [0.5, 0.6) is 0 Å². The molecule has 0 radical (unpaired) electrons. The molecule has 3 N–H and O–H groups in total. The Balaban J connectivity index is 2.13. The highest BCUT2D eigenvalue weighted by atomic mass is 16.2. The number of amides is 1. The van der Waals surface area contributed by atoms with Crippen molar-refractivity contribution in [1.29, 1.82) is 0 Å². The molecule has 0 saturated heterocycles. The molecule has 2 aromatic rings. The third-order valence-electron chi connectivity index (χ3n) is 4.51. The Morgan fingerprint density at radius 3 is 2.78 bits per heavy atom. The van der Waals surface area contributed by atoms with Gasteiger partial charge in [0.25, 0.3) is 10.9 Å². The molecule has 0 fully saturated rings. The molecular formula is C16H18N4O3. The summed E-state index contributed by atoms with van der Waals surface area (Å²) in [7, 11) is 0. The van der Waals surface area contributed by atoms with Gasteiger partial charge in [0, 0.05) is 12.7 Å². The second-order valence-electron chi connectivity index (χ2n) is 5.90. The van der Waals surface area contributed by atoms with E-state index < -0.39 is 16.9 Å². The van der Waals surface area contributed by atoms with Gasteiger partial charge in [0.1, 0.15) is 17.4 Å². The molecule has 1 aromatic carbocycles. The van der Waals surface area contributed by atoms with E-state index in [-0.39, 0.29) is 23.2 Å². The van der Waals surface area contributed by atoms with Crippen molar-refractivity contribution in [3.05, 3.63) is 44.5 Å². The highest BCUT2D eigenvalue weighted by molar-refractivity contribution is 5.99. The maximum atomic E-state index is 12.7. The lowest BCUT2D eigenvalue weighted by molar-refractivity contribution is -0.118. The zero-order valence-corrected chi connectivity index (χ0v) is 13.0. The Kier molecular flexibility index (Phi) is 3.63. The average Bonchev–Trinajstić information content (AvgIpc) is 2.69. The average molecular weight is 314 g/mol. The summed E-state index contributed by atoms with van der Waals surface area (Å²) in [5, 5.41) is 2.86. The molecule has 23 heavy (non-hydrogen) atoms. The number of rotatable bonds is 3. The van der Waals surface area contributed by atoms with Crippen LogP contribution < -0.4 is 26.8 Å². The predicted octanol–water partition coefficient (Wildman–Crippen LogP) is 0.633. The van der Waals surface area contributed by atoms with Crippen LogP contribution in [0.3, 0.4) is 0 Å². The molecule has 1 aliphatic rings. The van der Waals surface area contributed by atoms with Crippen LogP contribution >= 0.6 is 0 Å². The van der Waals surface area contributed by atoms with Crippen LogP contribution in [0.15, 0.2) is 28.0 Å². The number of nitrogens with zero attached hydrogens (tertiary/aromatic N) is 2. The van der Waals surface area contributed by atoms with Gasteiger partial charge in [-0.3, -0.25) is 19.4 Å². The van der Waals surface area contributed by atoms with Gasteiger partial charge in [-0.25, -0.2) is 0 Å². The summed E-state index contributed by atoms with van der Waals surface area (Å²) in [6.45, 7) is 4.23. The first-order valence-electron chi connectivity index (χ1n) is 7.54. The molecule has 7 heteroatoms. The van der Waals surface area contributed by atoms with Crippen molar-refractivity contribution >= 4 is 23.0 Å². The monoisotopic (exact) mass is 314 g/mol. The van der Waals surface area contributed by atoms with Gasteiger partial charge in [0.2, 0.25) is 5.91 Å². The number of nitrogens with two attached hydrogens (primary N) is 1. The van der Waals surface area contributed by atoms with Crippen molar-refractivity contribution in [2.24, 2.45) is 5.92 Å². The van der Waals surface area contributed by atoms with Crippen LogP contribution in [-0.4, -0.2) is 16.9 Å². The minimum absolute atomic E-state index is 0.0129. The first-order chi connectivity index (χ1) is 11.0. The summed E-state index contributed by atoms with van der Waals surface area (Å²) < 4.78 is 0. The summed E-state index contributed by atoms with van der Waals surface area (Å²) in [6.07, 6.45) is 3.95. The summed E-state index contributed by atoms with van der Waals surface area (Å²) in [5.41, 5.74) is 5.96. The lowest BCUT2D eigenvalue weighted by atomic mass is 9.95. The van der Waals surface area contributed by atoms with E-state index in [2.05, 4.69) is 10.3 Å². The van der Waals surface area contributed by atoms with Crippen molar-refractivity contribution in [3.63, 3.8) is 0 Å². The molecule has 0 bridgehead atoms. The quantitative estimate of drug-likeness (QED) is 0.805. The molecule has 2 heterocycles. The van der Waals surface area contributed by atoms with Gasteiger partial charge in [-0.1, -0.05) is 20.3 Å². The number of hydrogen-bond donors (Lipinski definition) is 2. The van der Waals surface area contributed by atoms with Crippen molar-refractivity contribution in [1.82, 2.24) is 4.98 Å². The van der Waals surface area contributed by atoms with Crippen LogP contribution in [-0.2, 0) is 11.3 Å². The van der Waals surface area contributed by atoms with Crippen LogP contribution in [0.4, 0.5) is 17.1 Å². The number of carbonyl (C=O) groups is 1. The Labute approximate surface area is 132 Å². The Hall–Kier alpha value is -2.70. The fourth-order valence-electron chi connectivity index (χ4n) is 2.99. The van der Waals surface area contributed by atoms with E-state index in [1.165, 1.54) is 0 Å². The summed E-state index contributed by atoms with van der Waals surface area (Å²) in [4.78, 5) is 41.9. The molecule has 0 aliphatic carbocycles. The van der Waals surface area contributed by atoms with E-state index in [9.17, 15) is 14.4 Å². The van der Waals surface area contributed by atoms with E-state index in [0.29, 0.717) is 12.2 Å². The fourth-order valence-corrected chi connectivity index (χ4v) is 2.99. The van der Waals surface area contributed by atoms with E-state index in [0.717, 1.165) is 12.0 Å². The zero-order valence-electron chi connectivity index (χ0n) is 13.0. The summed E-state index contributed by atoms with van der Waals surface area (Å²) >= 11 is 0. The number of hydrogen-bond acceptors (Lipinski definition) is 6. The molecule has 0 spiro atoms. The first kappa shape index (κ1) is 15.2. The molecule has 1 amide bonds. The van der Waals surface area contributed by atoms with Crippen LogP contribution in [0.2, 0.25) is 0 Å². The molecule has 0 saturated carbocycles. The molecule has 2 atom stereocenters. The maximum Gasteiger partial charge on any atom is 0.253 e. The second kappa shape index (κ2) is 5.49. The SMILES string of the molecule is CC[C@H](C)[C@H]1C(=O)Nc2cnccc2CN1c1c(N)c(=O)c1=O. The number of aromatic nitrogens is 1. The normalized spacial score (nSPS) is 19.1. The van der Waals surface area contributed by atoms with Gasteiger partial charge in [0.15, 0.2) is 0 Å². The lowest BCUT2D eigenvalue weighted by Gasteiger charge is -2.34.